The van der Waals surface area contributed by atoms with Crippen LogP contribution >= 0.6 is 0 Å². The smallest absolute Gasteiger partial charge is 0.331 e. The number of fused-ring (bicyclic) bond motifs is 1. The number of hydrogen-bond acceptors (Lipinski definition) is 7. The summed E-state index contributed by atoms with van der Waals surface area (Å²) in [5.41, 5.74) is 1.16. The van der Waals surface area contributed by atoms with E-state index in [4.69, 9.17) is 23.7 Å². The van der Waals surface area contributed by atoms with Crippen LogP contribution in [0.3, 0.4) is 0 Å². The molecular weight excluding hydrogens is 378 g/mol. The molecule has 29 heavy (non-hydrogen) atoms. The van der Waals surface area contributed by atoms with E-state index >= 15 is 0 Å². The average Bonchev–Trinajstić information content (AvgIpc) is 2.76. The Hall–Kier alpha value is -3.68. The number of nitrogens with one attached hydrogen (secondary N) is 1. The molecule has 0 fully saturated rings. The lowest BCUT2D eigenvalue weighted by atomic mass is 10.2. The van der Waals surface area contributed by atoms with Gasteiger partial charge in [0.2, 0.25) is 0 Å². The first-order valence-electron chi connectivity index (χ1n) is 8.85. The Morgan fingerprint density at radius 1 is 1.03 bits per heavy atom. The minimum atomic E-state index is -0.646. The van der Waals surface area contributed by atoms with Gasteiger partial charge in [-0.1, -0.05) is 6.07 Å². The molecule has 152 valence electrons. The highest BCUT2D eigenvalue weighted by atomic mass is 16.6. The van der Waals surface area contributed by atoms with Crippen molar-refractivity contribution in [2.24, 2.45) is 0 Å². The molecule has 0 radical (unpaired) electrons. The van der Waals surface area contributed by atoms with Crippen molar-refractivity contribution in [3.8, 4) is 23.0 Å². The van der Waals surface area contributed by atoms with E-state index in [1.165, 1.54) is 20.3 Å². The topological polar surface area (TPSA) is 92.3 Å². The van der Waals surface area contributed by atoms with Crippen LogP contribution in [0.2, 0.25) is 0 Å². The number of carbonyl (C=O) groups is 2. The van der Waals surface area contributed by atoms with Gasteiger partial charge in [0.05, 0.1) is 19.9 Å². The molecule has 0 aromatic heterocycles. The predicted molar refractivity (Wildman–Crippen MR) is 106 cm³/mol. The summed E-state index contributed by atoms with van der Waals surface area (Å²) in [5, 5.41) is 2.62. The lowest BCUT2D eigenvalue weighted by Gasteiger charge is -2.18. The Morgan fingerprint density at radius 3 is 2.59 bits per heavy atom. The van der Waals surface area contributed by atoms with Gasteiger partial charge >= 0.3 is 5.97 Å². The second kappa shape index (κ2) is 9.50. The summed E-state index contributed by atoms with van der Waals surface area (Å²) in [6.45, 7) is 0.554. The van der Waals surface area contributed by atoms with Crippen LogP contribution in [0.1, 0.15) is 5.56 Å². The zero-order valence-corrected chi connectivity index (χ0v) is 16.1. The molecule has 0 saturated carbocycles. The van der Waals surface area contributed by atoms with Crippen LogP contribution in [0, 0.1) is 0 Å². The van der Waals surface area contributed by atoms with E-state index in [2.05, 4.69) is 5.32 Å². The normalized spacial score (nSPS) is 12.3. The minimum absolute atomic E-state index is 0.416. The number of carbonyl (C=O) groups excluding carboxylic acids is 2. The van der Waals surface area contributed by atoms with Crippen molar-refractivity contribution in [1.82, 2.24) is 0 Å². The maximum Gasteiger partial charge on any atom is 0.331 e. The third kappa shape index (κ3) is 5.41. The van der Waals surface area contributed by atoms with Crippen LogP contribution in [-0.2, 0) is 14.3 Å². The number of anilines is 1. The molecule has 8 heteroatoms. The highest BCUT2D eigenvalue weighted by Crippen LogP contribution is 2.31. The molecule has 0 aliphatic carbocycles. The number of ether oxygens (including phenoxy) is 5. The molecule has 1 amide bonds. The quantitative estimate of drug-likeness (QED) is 0.565. The SMILES string of the molecule is COc1ccc(OC)c(NC(=O)COC(=O)/C=C/c2ccc3c(c2)OCCO3)c1. The minimum Gasteiger partial charge on any atom is -0.497 e. The molecule has 2 aromatic carbocycles. The van der Waals surface area contributed by atoms with Crippen molar-refractivity contribution in [3.05, 3.63) is 48.0 Å². The Kier molecular flexibility index (Phi) is 6.57. The number of benzene rings is 2. The van der Waals surface area contributed by atoms with E-state index in [-0.39, 0.29) is 0 Å². The summed E-state index contributed by atoms with van der Waals surface area (Å²) in [4.78, 5) is 24.0. The van der Waals surface area contributed by atoms with Crippen LogP contribution in [-0.4, -0.2) is 45.9 Å². The summed E-state index contributed by atoms with van der Waals surface area (Å²) in [6, 6.07) is 10.3. The van der Waals surface area contributed by atoms with E-state index in [9.17, 15) is 9.59 Å². The van der Waals surface area contributed by atoms with E-state index in [1.807, 2.05) is 0 Å². The van der Waals surface area contributed by atoms with Crippen molar-refractivity contribution >= 4 is 23.6 Å². The van der Waals surface area contributed by atoms with Gasteiger partial charge in [-0.2, -0.15) is 0 Å². The maximum absolute atomic E-state index is 12.1. The highest BCUT2D eigenvalue weighted by molar-refractivity contribution is 5.95. The van der Waals surface area contributed by atoms with Crippen molar-refractivity contribution in [2.45, 2.75) is 0 Å². The Bertz CT molecular complexity index is 923. The molecule has 1 aliphatic rings. The zero-order chi connectivity index (χ0) is 20.6. The van der Waals surface area contributed by atoms with Crippen LogP contribution in [0.15, 0.2) is 42.5 Å². The fraction of sp³-hybridized carbons (Fsp3) is 0.238. The average molecular weight is 399 g/mol. The third-order valence-corrected chi connectivity index (χ3v) is 4.00. The van der Waals surface area contributed by atoms with Gasteiger partial charge in [-0.05, 0) is 35.9 Å². The number of methoxy groups -OCH3 is 2. The summed E-state index contributed by atoms with van der Waals surface area (Å²) < 4.78 is 26.2. The fourth-order valence-electron chi connectivity index (χ4n) is 2.61. The van der Waals surface area contributed by atoms with Crippen LogP contribution in [0.25, 0.3) is 6.08 Å². The first-order valence-corrected chi connectivity index (χ1v) is 8.85. The lowest BCUT2D eigenvalue weighted by Crippen LogP contribution is -2.20. The second-order valence-corrected chi connectivity index (χ2v) is 5.96. The monoisotopic (exact) mass is 399 g/mol. The molecule has 1 heterocycles. The summed E-state index contributed by atoms with van der Waals surface area (Å²) in [6.07, 6.45) is 2.81. The Labute approximate surface area is 168 Å². The van der Waals surface area contributed by atoms with Gasteiger partial charge in [0, 0.05) is 12.1 Å². The Morgan fingerprint density at radius 2 is 1.83 bits per heavy atom. The molecule has 8 nitrogen and oxygen atoms in total. The van der Waals surface area contributed by atoms with E-state index in [0.717, 1.165) is 5.56 Å². The first-order chi connectivity index (χ1) is 14.1. The van der Waals surface area contributed by atoms with E-state index < -0.39 is 18.5 Å². The predicted octanol–water partition coefficient (Wildman–Crippen LogP) is 2.67. The zero-order valence-electron chi connectivity index (χ0n) is 16.1. The van der Waals surface area contributed by atoms with Crippen molar-refractivity contribution < 1.29 is 33.3 Å². The molecule has 2 aromatic rings. The fourth-order valence-corrected chi connectivity index (χ4v) is 2.61. The number of hydrogen-bond donors (Lipinski definition) is 1. The first kappa shape index (κ1) is 20.1. The summed E-state index contributed by atoms with van der Waals surface area (Å²) in [5.74, 6) is 1.16. The van der Waals surface area contributed by atoms with Gasteiger partial charge in [0.1, 0.15) is 24.7 Å². The molecule has 1 aliphatic heterocycles. The standard InChI is InChI=1S/C21H21NO7/c1-25-15-5-7-17(26-2)16(12-15)22-20(23)13-29-21(24)8-4-14-3-6-18-19(11-14)28-10-9-27-18/h3-8,11-12H,9-10,13H2,1-2H3,(H,22,23)/b8-4+. The van der Waals surface area contributed by atoms with Gasteiger partial charge < -0.3 is 29.0 Å². The van der Waals surface area contributed by atoms with Crippen LogP contribution < -0.4 is 24.3 Å². The third-order valence-electron chi connectivity index (χ3n) is 4.00. The van der Waals surface area contributed by atoms with Crippen molar-refractivity contribution in [3.63, 3.8) is 0 Å². The molecule has 0 atom stereocenters. The van der Waals surface area contributed by atoms with Crippen LogP contribution in [0.5, 0.6) is 23.0 Å². The van der Waals surface area contributed by atoms with Gasteiger partial charge in [-0.15, -0.1) is 0 Å². The highest BCUT2D eigenvalue weighted by Gasteiger charge is 2.12. The molecule has 1 N–H and O–H groups in total. The van der Waals surface area contributed by atoms with Gasteiger partial charge in [0.15, 0.2) is 18.1 Å². The number of rotatable bonds is 7. The lowest BCUT2D eigenvalue weighted by molar-refractivity contribution is -0.142. The molecule has 3 rings (SSSR count). The van der Waals surface area contributed by atoms with Gasteiger partial charge in [-0.3, -0.25) is 4.79 Å². The Balaban J connectivity index is 1.53. The molecule has 0 bridgehead atoms. The van der Waals surface area contributed by atoms with E-state index in [0.29, 0.717) is 41.9 Å². The van der Waals surface area contributed by atoms with E-state index in [1.54, 1.807) is 42.5 Å². The summed E-state index contributed by atoms with van der Waals surface area (Å²) in [7, 11) is 3.00. The molecular formula is C21H21NO7. The number of esters is 1. The van der Waals surface area contributed by atoms with Gasteiger partial charge in [-0.25, -0.2) is 4.79 Å². The largest absolute Gasteiger partial charge is 0.497 e. The molecule has 0 unspecified atom stereocenters. The molecule has 0 saturated heterocycles. The molecule has 0 spiro atoms. The number of amides is 1. The maximum atomic E-state index is 12.1. The van der Waals surface area contributed by atoms with Crippen molar-refractivity contribution in [2.75, 3.05) is 39.4 Å². The summed E-state index contributed by atoms with van der Waals surface area (Å²) >= 11 is 0. The van der Waals surface area contributed by atoms with Gasteiger partial charge in [0.25, 0.3) is 5.91 Å². The van der Waals surface area contributed by atoms with Crippen LogP contribution in [0.4, 0.5) is 5.69 Å². The second-order valence-electron chi connectivity index (χ2n) is 5.96. The van der Waals surface area contributed by atoms with Crippen molar-refractivity contribution in [1.29, 1.82) is 0 Å².